The van der Waals surface area contributed by atoms with Crippen molar-refractivity contribution in [2.45, 2.75) is 13.3 Å². The van der Waals surface area contributed by atoms with E-state index in [1.54, 1.807) is 12.4 Å². The molecule has 3 heterocycles. The maximum Gasteiger partial charge on any atom is 0.240 e. The summed E-state index contributed by atoms with van der Waals surface area (Å²) in [6.45, 7) is 4.75. The highest BCUT2D eigenvalue weighted by molar-refractivity contribution is 7.13. The van der Waals surface area contributed by atoms with Gasteiger partial charge in [0, 0.05) is 55.7 Å². The lowest BCUT2D eigenvalue weighted by atomic mass is 9.91. The minimum atomic E-state index is -0.220. The van der Waals surface area contributed by atoms with Crippen molar-refractivity contribution in [1.29, 1.82) is 0 Å². The van der Waals surface area contributed by atoms with Crippen LogP contribution in [0.2, 0.25) is 0 Å². The van der Waals surface area contributed by atoms with Crippen molar-refractivity contribution in [1.82, 2.24) is 19.8 Å². The van der Waals surface area contributed by atoms with Gasteiger partial charge in [-0.05, 0) is 30.5 Å². The Bertz CT molecular complexity index is 1040. The fourth-order valence-corrected chi connectivity index (χ4v) is 4.68. The zero-order valence-corrected chi connectivity index (χ0v) is 18.9. The molecular weight excluding hydrogens is 422 g/mol. The highest BCUT2D eigenvalue weighted by Gasteiger charge is 2.31. The fourth-order valence-electron chi connectivity index (χ4n) is 4.14. The second-order valence-electron chi connectivity index (χ2n) is 7.84. The average Bonchev–Trinajstić information content (AvgIpc) is 3.27. The predicted molar refractivity (Wildman–Crippen MR) is 126 cm³/mol. The number of carbonyl (C=O) groups is 2. The molecule has 1 atom stereocenters. The van der Waals surface area contributed by atoms with Gasteiger partial charge in [-0.25, -0.2) is 4.98 Å². The van der Waals surface area contributed by atoms with Crippen molar-refractivity contribution >= 4 is 28.3 Å². The van der Waals surface area contributed by atoms with E-state index in [9.17, 15) is 9.59 Å². The van der Waals surface area contributed by atoms with E-state index in [1.807, 2.05) is 47.7 Å². The number of likely N-dealkylation sites (N-methyl/N-ethyl adjacent to an activating group) is 1. The van der Waals surface area contributed by atoms with Gasteiger partial charge < -0.3 is 10.2 Å². The number of benzene rings is 1. The second kappa shape index (κ2) is 10.5. The van der Waals surface area contributed by atoms with E-state index < -0.39 is 0 Å². The normalized spacial score (nSPS) is 17.2. The first-order chi connectivity index (χ1) is 15.6. The Labute approximate surface area is 192 Å². The summed E-state index contributed by atoms with van der Waals surface area (Å²) >= 11 is 1.39. The first kappa shape index (κ1) is 22.1. The van der Waals surface area contributed by atoms with Gasteiger partial charge in [0.2, 0.25) is 11.8 Å². The molecule has 1 fully saturated rings. The molecule has 0 bridgehead atoms. The lowest BCUT2D eigenvalue weighted by Crippen LogP contribution is -2.38. The van der Waals surface area contributed by atoms with Crippen LogP contribution in [0.25, 0.3) is 11.1 Å². The molecule has 2 aromatic heterocycles. The van der Waals surface area contributed by atoms with Crippen LogP contribution in [0.15, 0.2) is 60.4 Å². The molecular formula is C24H27N5O2S. The largest absolute Gasteiger partial charge is 0.341 e. The Balaban J connectivity index is 1.52. The van der Waals surface area contributed by atoms with Crippen LogP contribution in [0.3, 0.4) is 0 Å². The minimum Gasteiger partial charge on any atom is -0.341 e. The van der Waals surface area contributed by atoms with E-state index >= 15 is 0 Å². The molecule has 32 heavy (non-hydrogen) atoms. The van der Waals surface area contributed by atoms with Gasteiger partial charge in [-0.2, -0.15) is 0 Å². The Kier molecular flexibility index (Phi) is 7.24. The maximum atomic E-state index is 13.3. The van der Waals surface area contributed by atoms with Crippen molar-refractivity contribution in [3.8, 4) is 11.1 Å². The molecule has 0 saturated carbocycles. The molecule has 1 aliphatic rings. The molecule has 1 aromatic carbocycles. The predicted octanol–water partition coefficient (Wildman–Crippen LogP) is 3.17. The number of nitrogens with one attached hydrogen (secondary N) is 1. The van der Waals surface area contributed by atoms with E-state index in [0.29, 0.717) is 37.7 Å². The molecule has 1 saturated heterocycles. The molecule has 166 valence electrons. The first-order valence-corrected chi connectivity index (χ1v) is 11.7. The van der Waals surface area contributed by atoms with E-state index in [-0.39, 0.29) is 24.3 Å². The maximum absolute atomic E-state index is 13.3. The van der Waals surface area contributed by atoms with E-state index in [0.717, 1.165) is 16.7 Å². The van der Waals surface area contributed by atoms with Crippen LogP contribution < -0.4 is 5.32 Å². The van der Waals surface area contributed by atoms with Crippen LogP contribution in [-0.4, -0.2) is 64.3 Å². The van der Waals surface area contributed by atoms with Crippen LogP contribution in [0, 0.1) is 5.92 Å². The summed E-state index contributed by atoms with van der Waals surface area (Å²) in [5.74, 6) is -0.175. The van der Waals surface area contributed by atoms with Crippen LogP contribution >= 0.6 is 11.3 Å². The number of thiazole rings is 1. The summed E-state index contributed by atoms with van der Waals surface area (Å²) in [6, 6.07) is 12.1. The van der Waals surface area contributed by atoms with Gasteiger partial charge in [0.15, 0.2) is 5.13 Å². The molecule has 0 aliphatic carbocycles. The van der Waals surface area contributed by atoms with Crippen molar-refractivity contribution in [3.63, 3.8) is 0 Å². The minimum absolute atomic E-state index is 0.105. The number of pyridine rings is 1. The number of amides is 2. The molecule has 0 spiro atoms. The summed E-state index contributed by atoms with van der Waals surface area (Å²) in [5, 5.41) is 5.27. The number of carbonyl (C=O) groups excluding carboxylic acids is 2. The molecule has 0 radical (unpaired) electrons. The Morgan fingerprint density at radius 3 is 2.81 bits per heavy atom. The third-order valence-electron chi connectivity index (χ3n) is 5.71. The highest BCUT2D eigenvalue weighted by atomic mass is 32.1. The standard InChI is InChI=1S/C24H27N5O2S/c1-2-29-12-11-28(17-22(30)27-24-26-10-13-32-24)16-20(23(29)31)14-18-6-3-4-8-21(18)19-7-5-9-25-15-19/h3-10,13,15,20H,2,11-12,14,16-17H2,1H3,(H,26,27,30). The third kappa shape index (κ3) is 5.38. The van der Waals surface area contributed by atoms with E-state index in [4.69, 9.17) is 0 Å². The Morgan fingerprint density at radius 2 is 2.06 bits per heavy atom. The van der Waals surface area contributed by atoms with E-state index in [2.05, 4.69) is 32.3 Å². The van der Waals surface area contributed by atoms with Crippen molar-refractivity contribution in [3.05, 3.63) is 65.9 Å². The van der Waals surface area contributed by atoms with Crippen molar-refractivity contribution < 1.29 is 9.59 Å². The zero-order chi connectivity index (χ0) is 22.3. The Hall–Kier alpha value is -3.10. The molecule has 1 aliphatic heterocycles. The topological polar surface area (TPSA) is 78.4 Å². The summed E-state index contributed by atoms with van der Waals surface area (Å²) in [5.41, 5.74) is 3.24. The van der Waals surface area contributed by atoms with Crippen LogP contribution in [0.5, 0.6) is 0 Å². The van der Waals surface area contributed by atoms with Crippen molar-refractivity contribution in [2.24, 2.45) is 5.92 Å². The number of hydrogen-bond donors (Lipinski definition) is 1. The molecule has 3 aromatic rings. The molecule has 4 rings (SSSR count). The molecule has 7 nitrogen and oxygen atoms in total. The van der Waals surface area contributed by atoms with Crippen LogP contribution in [0.4, 0.5) is 5.13 Å². The summed E-state index contributed by atoms with van der Waals surface area (Å²) < 4.78 is 0. The van der Waals surface area contributed by atoms with Crippen LogP contribution in [-0.2, 0) is 16.0 Å². The lowest BCUT2D eigenvalue weighted by molar-refractivity contribution is -0.134. The molecule has 2 amide bonds. The van der Waals surface area contributed by atoms with Crippen LogP contribution in [0.1, 0.15) is 12.5 Å². The lowest BCUT2D eigenvalue weighted by Gasteiger charge is -2.24. The highest BCUT2D eigenvalue weighted by Crippen LogP contribution is 2.26. The molecule has 1 N–H and O–H groups in total. The van der Waals surface area contributed by atoms with E-state index in [1.165, 1.54) is 11.3 Å². The first-order valence-electron chi connectivity index (χ1n) is 10.8. The number of anilines is 1. The molecule has 1 unspecified atom stereocenters. The van der Waals surface area contributed by atoms with Gasteiger partial charge >= 0.3 is 0 Å². The van der Waals surface area contributed by atoms with Gasteiger partial charge in [0.1, 0.15) is 0 Å². The smallest absolute Gasteiger partial charge is 0.240 e. The Morgan fingerprint density at radius 1 is 1.19 bits per heavy atom. The summed E-state index contributed by atoms with van der Waals surface area (Å²) in [4.78, 5) is 38.2. The quantitative estimate of drug-likeness (QED) is 0.600. The monoisotopic (exact) mass is 449 g/mol. The van der Waals surface area contributed by atoms with Gasteiger partial charge in [0.25, 0.3) is 0 Å². The number of nitrogens with zero attached hydrogens (tertiary/aromatic N) is 4. The van der Waals surface area contributed by atoms with Crippen molar-refractivity contribution in [2.75, 3.05) is 38.0 Å². The molecule has 8 heteroatoms. The zero-order valence-electron chi connectivity index (χ0n) is 18.1. The third-order valence-corrected chi connectivity index (χ3v) is 6.40. The average molecular weight is 450 g/mol. The summed E-state index contributed by atoms with van der Waals surface area (Å²) in [6.07, 6.45) is 5.89. The van der Waals surface area contributed by atoms with Gasteiger partial charge in [-0.3, -0.25) is 19.5 Å². The number of aromatic nitrogens is 2. The fraction of sp³-hybridized carbons (Fsp3) is 0.333. The summed E-state index contributed by atoms with van der Waals surface area (Å²) in [7, 11) is 0. The second-order valence-corrected chi connectivity index (χ2v) is 8.73. The van der Waals surface area contributed by atoms with Gasteiger partial charge in [-0.1, -0.05) is 30.3 Å². The number of rotatable bonds is 7. The number of hydrogen-bond acceptors (Lipinski definition) is 6. The van der Waals surface area contributed by atoms with Gasteiger partial charge in [0.05, 0.1) is 12.5 Å². The SMILES string of the molecule is CCN1CCN(CC(=O)Nc2nccs2)CC(Cc2ccccc2-c2cccnc2)C1=O. The van der Waals surface area contributed by atoms with Gasteiger partial charge in [-0.15, -0.1) is 11.3 Å².